The highest BCUT2D eigenvalue weighted by molar-refractivity contribution is 5.26. The summed E-state index contributed by atoms with van der Waals surface area (Å²) in [7, 11) is 0. The van der Waals surface area contributed by atoms with Crippen LogP contribution in [-0.4, -0.2) is 44.2 Å². The second kappa shape index (κ2) is 4.78. The summed E-state index contributed by atoms with van der Waals surface area (Å²) in [5, 5.41) is 27.6. The van der Waals surface area contributed by atoms with Gasteiger partial charge in [-0.15, -0.1) is 0 Å². The van der Waals surface area contributed by atoms with Gasteiger partial charge in [0.05, 0.1) is 12.8 Å². The topological polar surface area (TPSA) is 134 Å². The van der Waals surface area contributed by atoms with E-state index in [2.05, 4.69) is 4.98 Å². The maximum Gasteiger partial charge on any atom is 0.351 e. The van der Waals surface area contributed by atoms with Crippen LogP contribution in [0, 0.1) is 17.1 Å². The van der Waals surface area contributed by atoms with Crippen LogP contribution in [0.4, 0.5) is 14.6 Å². The van der Waals surface area contributed by atoms with Crippen LogP contribution in [0.3, 0.4) is 0 Å². The van der Waals surface area contributed by atoms with Gasteiger partial charge in [0.2, 0.25) is 5.60 Å². The minimum atomic E-state index is -2.23. The van der Waals surface area contributed by atoms with E-state index in [0.717, 1.165) is 0 Å². The zero-order valence-electron chi connectivity index (χ0n) is 9.90. The number of hydrogen-bond donors (Lipinski definition) is 3. The minimum absolute atomic E-state index is 0.425. The monoisotopic (exact) mass is 288 g/mol. The molecule has 1 aliphatic rings. The Kier molecular flexibility index (Phi) is 3.43. The van der Waals surface area contributed by atoms with E-state index in [1.807, 2.05) is 0 Å². The normalized spacial score (nSPS) is 33.0. The Morgan fingerprint density at radius 2 is 2.35 bits per heavy atom. The van der Waals surface area contributed by atoms with Gasteiger partial charge in [-0.05, 0) is 0 Å². The molecular weight excluding hydrogens is 278 g/mol. The van der Waals surface area contributed by atoms with Gasteiger partial charge in [-0.2, -0.15) is 10.2 Å². The van der Waals surface area contributed by atoms with Crippen molar-refractivity contribution in [2.24, 2.45) is 0 Å². The molecule has 0 radical (unpaired) electrons. The molecule has 0 amide bonds. The number of rotatable bonds is 2. The summed E-state index contributed by atoms with van der Waals surface area (Å²) in [6.07, 6.45) is -5.48. The highest BCUT2D eigenvalue weighted by Gasteiger charge is 2.56. The maximum absolute atomic E-state index is 14.0. The summed E-state index contributed by atoms with van der Waals surface area (Å²) in [4.78, 5) is 14.7. The van der Waals surface area contributed by atoms with Crippen molar-refractivity contribution in [3.8, 4) is 6.07 Å². The van der Waals surface area contributed by atoms with Gasteiger partial charge in [0.1, 0.15) is 12.2 Å². The molecule has 108 valence electrons. The number of aliphatic hydroxyl groups is 2. The van der Waals surface area contributed by atoms with E-state index in [0.29, 0.717) is 10.8 Å². The molecule has 2 heterocycles. The Bertz CT molecular complexity index is 631. The molecule has 1 aliphatic heterocycles. The summed E-state index contributed by atoms with van der Waals surface area (Å²) >= 11 is 0. The molecule has 1 aromatic heterocycles. The number of aromatic nitrogens is 2. The Morgan fingerprint density at radius 1 is 1.70 bits per heavy atom. The minimum Gasteiger partial charge on any atom is -0.392 e. The molecule has 10 heteroatoms. The van der Waals surface area contributed by atoms with Crippen LogP contribution in [0.25, 0.3) is 0 Å². The zero-order valence-corrected chi connectivity index (χ0v) is 9.90. The average molecular weight is 288 g/mol. The van der Waals surface area contributed by atoms with E-state index in [-0.39, 0.29) is 0 Å². The number of nitrogen functional groups attached to an aromatic ring is 1. The number of nitrogens with two attached hydrogens (primary N) is 1. The first-order valence-electron chi connectivity index (χ1n) is 5.42. The molecule has 4 N–H and O–H groups in total. The first-order valence-corrected chi connectivity index (χ1v) is 5.42. The lowest BCUT2D eigenvalue weighted by Crippen LogP contribution is -2.44. The standard InChI is InChI=1S/C10H10F2N4O4/c11-4-1-16(9(19)15-7(4)14)8-5(12)6(18)10(2-13,3-17)20-8/h1,5-6,8,17-18H,3H2,(H2,14,15,19)/t5-,6-,8+,10+/m0/s1. The average Bonchev–Trinajstić information content (AvgIpc) is 2.68. The fraction of sp³-hybridized carbons (Fsp3) is 0.500. The Balaban J connectivity index is 2.48. The molecule has 8 nitrogen and oxygen atoms in total. The van der Waals surface area contributed by atoms with Crippen molar-refractivity contribution >= 4 is 5.82 Å². The van der Waals surface area contributed by atoms with Gasteiger partial charge in [0, 0.05) is 0 Å². The Hall–Kier alpha value is -2.09. The van der Waals surface area contributed by atoms with Gasteiger partial charge in [0.15, 0.2) is 24.0 Å². The maximum atomic E-state index is 14.0. The molecule has 20 heavy (non-hydrogen) atoms. The number of hydrogen-bond acceptors (Lipinski definition) is 7. The highest BCUT2D eigenvalue weighted by Crippen LogP contribution is 2.38. The van der Waals surface area contributed by atoms with E-state index >= 15 is 0 Å². The predicted molar refractivity (Wildman–Crippen MR) is 59.3 cm³/mol. The second-order valence-electron chi connectivity index (χ2n) is 4.22. The van der Waals surface area contributed by atoms with Crippen molar-refractivity contribution in [1.82, 2.24) is 9.55 Å². The number of alkyl halides is 1. The van der Waals surface area contributed by atoms with Crippen LogP contribution in [0.1, 0.15) is 6.23 Å². The first-order chi connectivity index (χ1) is 9.36. The van der Waals surface area contributed by atoms with Crippen molar-refractivity contribution in [2.45, 2.75) is 24.1 Å². The fourth-order valence-corrected chi connectivity index (χ4v) is 1.87. The van der Waals surface area contributed by atoms with Crippen molar-refractivity contribution in [3.63, 3.8) is 0 Å². The summed E-state index contributed by atoms with van der Waals surface area (Å²) in [5.41, 5.74) is 1.73. The number of nitriles is 1. The quantitative estimate of drug-likeness (QED) is 0.599. The fourth-order valence-electron chi connectivity index (χ4n) is 1.87. The number of nitrogens with zero attached hydrogens (tertiary/aromatic N) is 3. The Labute approximate surface area is 110 Å². The first kappa shape index (κ1) is 14.3. The lowest BCUT2D eigenvalue weighted by Gasteiger charge is -2.21. The van der Waals surface area contributed by atoms with Gasteiger partial charge in [-0.3, -0.25) is 4.57 Å². The smallest absolute Gasteiger partial charge is 0.351 e. The van der Waals surface area contributed by atoms with Gasteiger partial charge in [0.25, 0.3) is 0 Å². The molecule has 1 aromatic rings. The molecule has 0 unspecified atom stereocenters. The van der Waals surface area contributed by atoms with Crippen molar-refractivity contribution < 1.29 is 23.7 Å². The van der Waals surface area contributed by atoms with Crippen LogP contribution in [0.5, 0.6) is 0 Å². The molecule has 1 fully saturated rings. The van der Waals surface area contributed by atoms with Crippen LogP contribution in [0.2, 0.25) is 0 Å². The third-order valence-electron chi connectivity index (χ3n) is 3.02. The summed E-state index contributed by atoms with van der Waals surface area (Å²) in [6, 6.07) is 1.44. The SMILES string of the molecule is N#C[C@]1(CO)O[C@@H](n2cc(F)c(N)nc2=O)[C@@H](F)[C@@H]1O. The number of anilines is 1. The van der Waals surface area contributed by atoms with Gasteiger partial charge < -0.3 is 20.7 Å². The zero-order chi connectivity index (χ0) is 15.1. The predicted octanol–water partition coefficient (Wildman–Crippen LogP) is -1.55. The molecule has 1 saturated heterocycles. The van der Waals surface area contributed by atoms with Gasteiger partial charge in [-0.25, -0.2) is 13.6 Å². The largest absolute Gasteiger partial charge is 0.392 e. The van der Waals surface area contributed by atoms with Crippen LogP contribution in [-0.2, 0) is 4.74 Å². The van der Waals surface area contributed by atoms with Crippen LogP contribution >= 0.6 is 0 Å². The third-order valence-corrected chi connectivity index (χ3v) is 3.02. The highest BCUT2D eigenvalue weighted by atomic mass is 19.1. The van der Waals surface area contributed by atoms with Crippen molar-refractivity contribution in [3.05, 3.63) is 22.5 Å². The van der Waals surface area contributed by atoms with Crippen molar-refractivity contribution in [1.29, 1.82) is 5.26 Å². The van der Waals surface area contributed by atoms with E-state index in [4.69, 9.17) is 20.8 Å². The number of halogens is 2. The van der Waals surface area contributed by atoms with E-state index in [1.165, 1.54) is 6.07 Å². The molecule has 4 atom stereocenters. The van der Waals surface area contributed by atoms with E-state index in [1.54, 1.807) is 0 Å². The lowest BCUT2D eigenvalue weighted by molar-refractivity contribution is -0.0937. The van der Waals surface area contributed by atoms with Crippen LogP contribution < -0.4 is 11.4 Å². The van der Waals surface area contributed by atoms with E-state index in [9.17, 15) is 18.7 Å². The second-order valence-corrected chi connectivity index (χ2v) is 4.22. The molecule has 0 bridgehead atoms. The van der Waals surface area contributed by atoms with E-state index < -0.39 is 48.0 Å². The third kappa shape index (κ3) is 1.92. The molecule has 0 aliphatic carbocycles. The summed E-state index contributed by atoms with van der Waals surface area (Å²) in [6.45, 7) is -0.999. The number of aliphatic hydroxyl groups excluding tert-OH is 2. The summed E-state index contributed by atoms with van der Waals surface area (Å²) < 4.78 is 32.6. The molecular formula is C10H10F2N4O4. The van der Waals surface area contributed by atoms with Crippen molar-refractivity contribution in [2.75, 3.05) is 12.3 Å². The van der Waals surface area contributed by atoms with Gasteiger partial charge in [-0.1, -0.05) is 0 Å². The summed E-state index contributed by atoms with van der Waals surface area (Å²) in [5.74, 6) is -1.76. The van der Waals surface area contributed by atoms with Gasteiger partial charge >= 0.3 is 5.69 Å². The molecule has 0 spiro atoms. The number of ether oxygens (including phenoxy) is 1. The lowest BCUT2D eigenvalue weighted by atomic mass is 9.99. The van der Waals surface area contributed by atoms with Crippen LogP contribution in [0.15, 0.2) is 11.0 Å². The molecule has 2 rings (SSSR count). The molecule has 0 saturated carbocycles. The Morgan fingerprint density at radius 3 is 2.85 bits per heavy atom. The molecule has 0 aromatic carbocycles.